The van der Waals surface area contributed by atoms with Crippen LogP contribution in [0.25, 0.3) is 0 Å². The number of nitrogens with one attached hydrogen (secondary N) is 1. The maximum Gasteiger partial charge on any atom is 0.229 e. The molecule has 88 valence electrons. The molecule has 0 unspecified atom stereocenters. The van der Waals surface area contributed by atoms with Crippen molar-refractivity contribution >= 4 is 23.5 Å². The molecule has 0 aliphatic heterocycles. The predicted molar refractivity (Wildman–Crippen MR) is 63.0 cm³/mol. The summed E-state index contributed by atoms with van der Waals surface area (Å²) in [5.41, 5.74) is 5.90. The number of nitrogens with zero attached hydrogens (tertiary/aromatic N) is 3. The van der Waals surface area contributed by atoms with E-state index < -0.39 is 0 Å². The van der Waals surface area contributed by atoms with Gasteiger partial charge >= 0.3 is 0 Å². The van der Waals surface area contributed by atoms with Crippen molar-refractivity contribution in [3.63, 3.8) is 0 Å². The van der Waals surface area contributed by atoms with E-state index in [1.807, 2.05) is 0 Å². The number of halogens is 2. The van der Waals surface area contributed by atoms with Crippen LogP contribution in [0, 0.1) is 5.82 Å². The van der Waals surface area contributed by atoms with Crippen LogP contribution in [0.3, 0.4) is 0 Å². The molecule has 0 amide bonds. The van der Waals surface area contributed by atoms with Crippen molar-refractivity contribution in [2.75, 3.05) is 11.1 Å². The Hall–Kier alpha value is -1.95. The lowest BCUT2D eigenvalue weighted by Gasteiger charge is -2.06. The third kappa shape index (κ3) is 3.01. The van der Waals surface area contributed by atoms with Crippen LogP contribution >= 0.6 is 11.6 Å². The summed E-state index contributed by atoms with van der Waals surface area (Å²) < 4.78 is 13.3. The molecule has 2 rings (SSSR count). The van der Waals surface area contributed by atoms with Crippen LogP contribution in [-0.2, 0) is 6.54 Å². The topological polar surface area (TPSA) is 76.7 Å². The van der Waals surface area contributed by atoms with E-state index in [1.54, 1.807) is 18.2 Å². The Morgan fingerprint density at radius 1 is 1.24 bits per heavy atom. The van der Waals surface area contributed by atoms with Gasteiger partial charge < -0.3 is 11.1 Å². The summed E-state index contributed by atoms with van der Waals surface area (Å²) >= 11 is 5.61. The molecular formula is C10H9ClFN5. The maximum absolute atomic E-state index is 13.3. The van der Waals surface area contributed by atoms with E-state index in [1.165, 1.54) is 6.07 Å². The minimum Gasteiger partial charge on any atom is -0.368 e. The average Bonchev–Trinajstić information content (AvgIpc) is 2.27. The molecule has 0 radical (unpaired) electrons. The van der Waals surface area contributed by atoms with Gasteiger partial charge in [0.25, 0.3) is 0 Å². The number of anilines is 2. The Morgan fingerprint density at radius 3 is 2.71 bits per heavy atom. The quantitative estimate of drug-likeness (QED) is 0.873. The van der Waals surface area contributed by atoms with E-state index in [2.05, 4.69) is 20.3 Å². The fraction of sp³-hybridized carbons (Fsp3) is 0.100. The molecule has 0 fully saturated rings. The Balaban J connectivity index is 2.10. The zero-order valence-electron chi connectivity index (χ0n) is 8.69. The van der Waals surface area contributed by atoms with Crippen LogP contribution < -0.4 is 11.1 Å². The van der Waals surface area contributed by atoms with Gasteiger partial charge in [0.15, 0.2) is 0 Å². The Morgan fingerprint density at radius 2 is 2.00 bits per heavy atom. The largest absolute Gasteiger partial charge is 0.368 e. The van der Waals surface area contributed by atoms with Crippen molar-refractivity contribution in [3.8, 4) is 0 Å². The van der Waals surface area contributed by atoms with Crippen LogP contribution in [0.4, 0.5) is 16.3 Å². The Bertz CT molecular complexity index is 514. The van der Waals surface area contributed by atoms with Crippen molar-refractivity contribution in [3.05, 3.63) is 40.9 Å². The van der Waals surface area contributed by atoms with Crippen molar-refractivity contribution in [2.24, 2.45) is 0 Å². The summed E-state index contributed by atoms with van der Waals surface area (Å²) in [5.74, 6) is -0.0695. The van der Waals surface area contributed by atoms with Gasteiger partial charge in [-0.15, -0.1) is 0 Å². The van der Waals surface area contributed by atoms with Crippen LogP contribution in [0.1, 0.15) is 5.56 Å². The first-order valence-electron chi connectivity index (χ1n) is 4.79. The van der Waals surface area contributed by atoms with Gasteiger partial charge in [-0.1, -0.05) is 18.2 Å². The summed E-state index contributed by atoms with van der Waals surface area (Å²) in [6.45, 7) is 0.243. The maximum atomic E-state index is 13.3. The summed E-state index contributed by atoms with van der Waals surface area (Å²) in [6.07, 6.45) is 0. The van der Waals surface area contributed by atoms with E-state index in [-0.39, 0.29) is 29.5 Å². The van der Waals surface area contributed by atoms with Crippen molar-refractivity contribution in [1.82, 2.24) is 15.0 Å². The summed E-state index contributed by atoms with van der Waals surface area (Å²) in [7, 11) is 0. The second-order valence-corrected chi connectivity index (χ2v) is 3.57. The second kappa shape index (κ2) is 4.92. The molecule has 0 saturated carbocycles. The molecule has 0 atom stereocenters. The number of benzene rings is 1. The lowest BCUT2D eigenvalue weighted by Crippen LogP contribution is -2.07. The highest BCUT2D eigenvalue weighted by molar-refractivity contribution is 6.28. The smallest absolute Gasteiger partial charge is 0.229 e. The number of nitrogen functional groups attached to an aromatic ring is 1. The number of hydrogen-bond donors (Lipinski definition) is 2. The molecule has 3 N–H and O–H groups in total. The van der Waals surface area contributed by atoms with Crippen molar-refractivity contribution in [2.45, 2.75) is 6.54 Å². The first kappa shape index (κ1) is 11.5. The standard InChI is InChI=1S/C10H9ClFN5/c11-8-15-9(13)17-10(16-8)14-5-6-3-1-2-4-7(6)12/h1-4H,5H2,(H3,13,14,15,16,17). The second-order valence-electron chi connectivity index (χ2n) is 3.23. The zero-order valence-corrected chi connectivity index (χ0v) is 9.45. The van der Waals surface area contributed by atoms with Crippen molar-refractivity contribution < 1.29 is 4.39 Å². The number of nitrogens with two attached hydrogens (primary N) is 1. The lowest BCUT2D eigenvalue weighted by molar-refractivity contribution is 0.612. The van der Waals surface area contributed by atoms with Gasteiger partial charge in [-0.3, -0.25) is 0 Å². The highest BCUT2D eigenvalue weighted by Crippen LogP contribution is 2.10. The van der Waals surface area contributed by atoms with E-state index in [4.69, 9.17) is 17.3 Å². The van der Waals surface area contributed by atoms with Crippen LogP contribution in [0.15, 0.2) is 24.3 Å². The number of rotatable bonds is 3. The molecule has 2 aromatic rings. The van der Waals surface area contributed by atoms with Crippen molar-refractivity contribution in [1.29, 1.82) is 0 Å². The summed E-state index contributed by atoms with van der Waals surface area (Å²) in [5, 5.41) is 2.81. The van der Waals surface area contributed by atoms with Crippen LogP contribution in [0.2, 0.25) is 5.28 Å². The van der Waals surface area contributed by atoms with E-state index >= 15 is 0 Å². The monoisotopic (exact) mass is 253 g/mol. The molecule has 1 heterocycles. The third-order valence-electron chi connectivity index (χ3n) is 2.02. The highest BCUT2D eigenvalue weighted by atomic mass is 35.5. The molecule has 0 aliphatic carbocycles. The lowest BCUT2D eigenvalue weighted by atomic mass is 10.2. The van der Waals surface area contributed by atoms with E-state index in [9.17, 15) is 4.39 Å². The first-order valence-corrected chi connectivity index (χ1v) is 5.17. The van der Waals surface area contributed by atoms with E-state index in [0.717, 1.165) is 0 Å². The van der Waals surface area contributed by atoms with Gasteiger partial charge in [-0.05, 0) is 17.7 Å². The molecule has 5 nitrogen and oxygen atoms in total. The number of hydrogen-bond acceptors (Lipinski definition) is 5. The normalized spacial score (nSPS) is 10.2. The van der Waals surface area contributed by atoms with Gasteiger partial charge in [0.2, 0.25) is 17.2 Å². The fourth-order valence-electron chi connectivity index (χ4n) is 1.26. The predicted octanol–water partition coefficient (Wildman–Crippen LogP) is 1.86. The van der Waals surface area contributed by atoms with Gasteiger partial charge in [0, 0.05) is 12.1 Å². The average molecular weight is 254 g/mol. The molecule has 17 heavy (non-hydrogen) atoms. The highest BCUT2D eigenvalue weighted by Gasteiger charge is 2.04. The minimum absolute atomic E-state index is 0.00599. The molecule has 1 aromatic heterocycles. The molecule has 7 heteroatoms. The Labute approximate surface area is 102 Å². The molecule has 0 aliphatic rings. The van der Waals surface area contributed by atoms with E-state index in [0.29, 0.717) is 5.56 Å². The SMILES string of the molecule is Nc1nc(Cl)nc(NCc2ccccc2F)n1. The van der Waals surface area contributed by atoms with Gasteiger partial charge in [0.1, 0.15) is 5.82 Å². The third-order valence-corrected chi connectivity index (χ3v) is 2.19. The summed E-state index contributed by atoms with van der Waals surface area (Å²) in [6, 6.07) is 6.41. The molecular weight excluding hydrogens is 245 g/mol. The minimum atomic E-state index is -0.298. The Kier molecular flexibility index (Phi) is 3.34. The fourth-order valence-corrected chi connectivity index (χ4v) is 1.43. The van der Waals surface area contributed by atoms with Gasteiger partial charge in [0.05, 0.1) is 0 Å². The molecule has 0 saturated heterocycles. The van der Waals surface area contributed by atoms with Gasteiger partial charge in [-0.25, -0.2) is 4.39 Å². The zero-order chi connectivity index (χ0) is 12.3. The molecule has 0 spiro atoms. The van der Waals surface area contributed by atoms with Crippen LogP contribution in [0.5, 0.6) is 0 Å². The summed E-state index contributed by atoms with van der Waals surface area (Å²) in [4.78, 5) is 11.2. The van der Waals surface area contributed by atoms with Gasteiger partial charge in [-0.2, -0.15) is 15.0 Å². The molecule has 1 aromatic carbocycles. The number of aromatic nitrogens is 3. The molecule has 0 bridgehead atoms. The van der Waals surface area contributed by atoms with Crippen LogP contribution in [-0.4, -0.2) is 15.0 Å². The first-order chi connectivity index (χ1) is 8.15.